The second kappa shape index (κ2) is 67.0. The number of unbranched alkanes of at least 4 members (excludes halogenated alkanes) is 60. The molecule has 0 aromatic heterocycles. The number of benzene rings is 2. The molecule has 518 valence electrons. The lowest BCUT2D eigenvalue weighted by Crippen LogP contribution is -2.68. The fraction of sp³-hybridized carbons (Fsp3) is 0.857. The van der Waals surface area contributed by atoms with Gasteiger partial charge in [0.1, 0.15) is 0 Å². The van der Waals surface area contributed by atoms with Crippen LogP contribution in [-0.2, 0) is 8.23 Å². The van der Waals surface area contributed by atoms with Crippen molar-refractivity contribution in [3.05, 3.63) is 60.7 Å². The van der Waals surface area contributed by atoms with Gasteiger partial charge in [-0.2, -0.15) is 0 Å². The first-order chi connectivity index (χ1) is 44.2. The van der Waals surface area contributed by atoms with Crippen molar-refractivity contribution >= 4 is 37.0 Å². The van der Waals surface area contributed by atoms with E-state index in [1.54, 1.807) is 0 Å². The van der Waals surface area contributed by atoms with Crippen molar-refractivity contribution in [2.24, 2.45) is 0 Å². The molecule has 2 aromatic carbocycles. The molecule has 0 N–H and O–H groups in total. The molecule has 0 aliphatic carbocycles. The third kappa shape index (κ3) is 51.0. The van der Waals surface area contributed by atoms with E-state index in [1.165, 1.54) is 445 Å². The SMILES string of the molecule is CCCCCCCCCCCCCCCCCC[Si]O[Si](O[Si](CCCCCCCCCCCCCCCCCC)(CCCCCCCCCCCCCCCCCC)CCCCCCCCCCCCCCCCCC)(c1ccccc1)c1ccccc1. The van der Waals surface area contributed by atoms with Gasteiger partial charge in [-0.1, -0.05) is 499 Å². The first kappa shape index (κ1) is 84.1. The van der Waals surface area contributed by atoms with Gasteiger partial charge in [0.05, 0.1) is 0 Å². The van der Waals surface area contributed by atoms with E-state index in [9.17, 15) is 0 Å². The quantitative estimate of drug-likeness (QED) is 0.0485. The molecule has 0 aliphatic rings. The van der Waals surface area contributed by atoms with Gasteiger partial charge in [-0.05, 0) is 34.5 Å². The predicted molar refractivity (Wildman–Crippen MR) is 409 cm³/mol. The number of hydrogen-bond donors (Lipinski definition) is 0. The van der Waals surface area contributed by atoms with Gasteiger partial charge in [0.15, 0.2) is 8.32 Å². The molecule has 2 radical (unpaired) electrons. The van der Waals surface area contributed by atoms with Gasteiger partial charge in [-0.3, -0.25) is 0 Å². The van der Waals surface area contributed by atoms with Crippen LogP contribution in [-0.4, -0.2) is 26.6 Å². The Kier molecular flexibility index (Phi) is 63.3. The van der Waals surface area contributed by atoms with E-state index in [-0.39, 0.29) is 0 Å². The highest BCUT2D eigenvalue weighted by Crippen LogP contribution is 2.35. The third-order valence-corrected chi connectivity index (χ3v) is 31.6. The minimum Gasteiger partial charge on any atom is -0.430 e. The van der Waals surface area contributed by atoms with Gasteiger partial charge >= 0.3 is 8.56 Å². The summed E-state index contributed by atoms with van der Waals surface area (Å²) in [6.45, 7) is 9.32. The molecule has 0 saturated heterocycles. The Balaban J connectivity index is 2.18. The van der Waals surface area contributed by atoms with E-state index in [1.807, 2.05) is 0 Å². The molecule has 0 saturated carbocycles. The minimum atomic E-state index is -3.05. The smallest absolute Gasteiger partial charge is 0.386 e. The van der Waals surface area contributed by atoms with Crippen LogP contribution in [0.1, 0.15) is 439 Å². The summed E-state index contributed by atoms with van der Waals surface area (Å²) in [7, 11) is -4.85. The van der Waals surface area contributed by atoms with E-state index in [0.29, 0.717) is 9.76 Å². The highest BCUT2D eigenvalue weighted by atomic mass is 28.5. The zero-order valence-corrected chi connectivity index (χ0v) is 64.2. The van der Waals surface area contributed by atoms with Crippen molar-refractivity contribution in [3.8, 4) is 0 Å². The molecule has 0 spiro atoms. The zero-order chi connectivity index (χ0) is 63.4. The number of rotatable bonds is 74. The Labute approximate surface area is 565 Å². The van der Waals surface area contributed by atoms with E-state index in [4.69, 9.17) is 8.23 Å². The highest BCUT2D eigenvalue weighted by molar-refractivity contribution is 7.00. The van der Waals surface area contributed by atoms with E-state index in [2.05, 4.69) is 88.4 Å². The van der Waals surface area contributed by atoms with Gasteiger partial charge in [0.2, 0.25) is 9.76 Å². The van der Waals surface area contributed by atoms with Crippen LogP contribution in [0.2, 0.25) is 24.2 Å². The lowest BCUT2D eigenvalue weighted by atomic mass is 10.0. The molecule has 0 heterocycles. The summed E-state index contributed by atoms with van der Waals surface area (Å²) in [5.74, 6) is 0. The molecule has 2 rings (SSSR count). The topological polar surface area (TPSA) is 18.5 Å². The molecule has 2 aromatic rings. The lowest BCUT2D eigenvalue weighted by Gasteiger charge is -2.43. The van der Waals surface area contributed by atoms with Crippen LogP contribution in [0.4, 0.5) is 0 Å². The van der Waals surface area contributed by atoms with Gasteiger partial charge in [-0.25, -0.2) is 0 Å². The first-order valence-corrected chi connectivity index (χ1v) is 46.8. The van der Waals surface area contributed by atoms with Crippen LogP contribution in [0.25, 0.3) is 0 Å². The van der Waals surface area contributed by atoms with Crippen LogP contribution in [0.15, 0.2) is 60.7 Å². The van der Waals surface area contributed by atoms with Crippen LogP contribution in [0.5, 0.6) is 0 Å². The molecule has 0 amide bonds. The van der Waals surface area contributed by atoms with E-state index < -0.39 is 16.9 Å². The second-order valence-corrected chi connectivity index (χ2v) is 37.8. The monoisotopic (exact) mass is 1280 g/mol. The van der Waals surface area contributed by atoms with E-state index >= 15 is 0 Å². The van der Waals surface area contributed by atoms with Crippen molar-refractivity contribution < 1.29 is 8.23 Å². The van der Waals surface area contributed by atoms with Gasteiger partial charge < -0.3 is 8.23 Å². The Hall–Kier alpha value is -0.989. The van der Waals surface area contributed by atoms with Gasteiger partial charge in [0.25, 0.3) is 0 Å². The summed E-state index contributed by atoms with van der Waals surface area (Å²) in [5, 5.41) is 2.71. The molecule has 89 heavy (non-hydrogen) atoms. The molecule has 0 bridgehead atoms. The molecule has 0 fully saturated rings. The average Bonchev–Trinajstić information content (AvgIpc) is 1.25. The summed E-state index contributed by atoms with van der Waals surface area (Å²) in [5.41, 5.74) is 0. The largest absolute Gasteiger partial charge is 0.430 e. The van der Waals surface area contributed by atoms with Crippen molar-refractivity contribution in [2.45, 2.75) is 463 Å². The Bertz CT molecular complexity index is 1510. The highest BCUT2D eigenvalue weighted by Gasteiger charge is 2.49. The molecule has 5 heteroatoms. The second-order valence-electron chi connectivity index (χ2n) is 29.1. The van der Waals surface area contributed by atoms with Crippen molar-refractivity contribution in [3.63, 3.8) is 0 Å². The van der Waals surface area contributed by atoms with Crippen molar-refractivity contribution in [1.82, 2.24) is 0 Å². The summed E-state index contributed by atoms with van der Waals surface area (Å²) >= 11 is 0. The predicted octanol–water partition coefficient (Wildman–Crippen LogP) is 29.3. The lowest BCUT2D eigenvalue weighted by molar-refractivity contribution is 0.406. The van der Waals surface area contributed by atoms with Crippen LogP contribution < -0.4 is 10.4 Å². The molecule has 0 aliphatic heterocycles. The number of hydrogen-bond acceptors (Lipinski definition) is 2. The molecule has 0 atom stereocenters. The van der Waals surface area contributed by atoms with Gasteiger partial charge in [-0.15, -0.1) is 0 Å². The molecular weight excluding hydrogens is 1130 g/mol. The Morgan fingerprint density at radius 1 is 0.225 bits per heavy atom. The maximum absolute atomic E-state index is 8.57. The fourth-order valence-electron chi connectivity index (χ4n) is 14.5. The van der Waals surface area contributed by atoms with Crippen molar-refractivity contribution in [1.29, 1.82) is 0 Å². The Morgan fingerprint density at radius 2 is 0.404 bits per heavy atom. The minimum absolute atomic E-state index is 0.492. The molecule has 0 unspecified atom stereocenters. The maximum atomic E-state index is 8.57. The van der Waals surface area contributed by atoms with E-state index in [0.717, 1.165) is 0 Å². The van der Waals surface area contributed by atoms with Crippen LogP contribution >= 0.6 is 0 Å². The summed E-state index contributed by atoms with van der Waals surface area (Å²) in [6, 6.07) is 28.4. The summed E-state index contributed by atoms with van der Waals surface area (Å²) < 4.78 is 16.3. The zero-order valence-electron chi connectivity index (χ0n) is 61.2. The molecule has 2 nitrogen and oxygen atoms in total. The van der Waals surface area contributed by atoms with Gasteiger partial charge in [0, 0.05) is 0 Å². The standard InChI is InChI=1S/C84H158O2Si3/c1-5-9-13-17-21-25-29-33-37-41-45-49-53-57-61-71-79-87-85-89(83-75-67-65-68-76-83,84-77-69-66-70-78-84)86-88(80-72-62-58-54-50-46-42-38-34-30-26-22-18-14-10-6-2,81-73-63-59-55-51-47-43-39-35-31-27-23-19-15-11-7-3)82-74-64-60-56-52-48-44-40-36-32-28-24-20-16-12-8-4/h65-70,75-78H,5-64,71-74,79-82H2,1-4H3. The van der Waals surface area contributed by atoms with Crippen molar-refractivity contribution in [2.75, 3.05) is 0 Å². The maximum Gasteiger partial charge on any atom is 0.386 e. The summed E-state index contributed by atoms with van der Waals surface area (Å²) in [6.07, 6.45) is 91.2. The Morgan fingerprint density at radius 3 is 0.607 bits per heavy atom. The summed E-state index contributed by atoms with van der Waals surface area (Å²) in [4.78, 5) is 0. The molecular formula is C84H158O2Si3. The fourth-order valence-corrected chi connectivity index (χ4v) is 27.2. The van der Waals surface area contributed by atoms with Crippen LogP contribution in [0.3, 0.4) is 0 Å². The van der Waals surface area contributed by atoms with Crippen LogP contribution in [0, 0.1) is 0 Å². The average molecular weight is 1280 g/mol. The normalized spacial score (nSPS) is 12.1. The third-order valence-electron chi connectivity index (χ3n) is 20.5. The first-order valence-electron chi connectivity index (χ1n) is 41.4.